The van der Waals surface area contributed by atoms with Crippen LogP contribution < -0.4 is 9.47 Å². The van der Waals surface area contributed by atoms with Gasteiger partial charge in [-0.2, -0.15) is 0 Å². The van der Waals surface area contributed by atoms with Gasteiger partial charge < -0.3 is 14.6 Å². The van der Waals surface area contributed by atoms with Crippen molar-refractivity contribution >= 4 is 5.97 Å². The Kier molecular flexibility index (Phi) is 5.99. The summed E-state index contributed by atoms with van der Waals surface area (Å²) in [6, 6.07) is 25.8. The quantitative estimate of drug-likeness (QED) is 0.586. The molecule has 0 aliphatic rings. The fraction of sp³-hybridized carbons (Fsp3) is 0.208. The van der Waals surface area contributed by atoms with Crippen molar-refractivity contribution in [1.82, 2.24) is 0 Å². The maximum atomic E-state index is 11.1. The van der Waals surface area contributed by atoms with Crippen LogP contribution in [0.4, 0.5) is 0 Å². The van der Waals surface area contributed by atoms with Gasteiger partial charge in [0, 0.05) is 6.42 Å². The highest BCUT2D eigenvalue weighted by Crippen LogP contribution is 2.23. The van der Waals surface area contributed by atoms with E-state index in [4.69, 9.17) is 14.6 Å². The van der Waals surface area contributed by atoms with Crippen molar-refractivity contribution in [1.29, 1.82) is 0 Å². The van der Waals surface area contributed by atoms with Gasteiger partial charge in [-0.15, -0.1) is 0 Å². The number of rotatable bonds is 8. The van der Waals surface area contributed by atoms with E-state index in [1.165, 1.54) is 30.5 Å². The van der Waals surface area contributed by atoms with Gasteiger partial charge in [0.25, 0.3) is 0 Å². The summed E-state index contributed by atoms with van der Waals surface area (Å²) in [5.74, 6) is 0.212. The average Bonchev–Trinajstić information content (AvgIpc) is 2.70. The van der Waals surface area contributed by atoms with E-state index in [-0.39, 0.29) is 0 Å². The average molecular weight is 376 g/mol. The first kappa shape index (κ1) is 19.5. The first-order valence-corrected chi connectivity index (χ1v) is 9.24. The fourth-order valence-electron chi connectivity index (χ4n) is 2.72. The van der Waals surface area contributed by atoms with Crippen LogP contribution in [0.15, 0.2) is 78.9 Å². The van der Waals surface area contributed by atoms with Gasteiger partial charge in [0.05, 0.1) is 6.61 Å². The van der Waals surface area contributed by atoms with Gasteiger partial charge >= 0.3 is 5.97 Å². The van der Waals surface area contributed by atoms with Gasteiger partial charge in [0.1, 0.15) is 11.5 Å². The number of carboxylic acids is 1. The molecule has 3 aromatic carbocycles. The highest BCUT2D eigenvalue weighted by molar-refractivity contribution is 5.76. The zero-order valence-electron chi connectivity index (χ0n) is 16.1. The Morgan fingerprint density at radius 1 is 0.821 bits per heavy atom. The van der Waals surface area contributed by atoms with E-state index in [0.717, 1.165) is 12.2 Å². The van der Waals surface area contributed by atoms with E-state index in [2.05, 4.69) is 36.4 Å². The molecule has 4 nitrogen and oxygen atoms in total. The number of aliphatic carboxylic acids is 1. The predicted octanol–water partition coefficient (Wildman–Crippen LogP) is 5.22. The Balaban J connectivity index is 1.50. The zero-order chi connectivity index (χ0) is 20.0. The second-order valence-corrected chi connectivity index (χ2v) is 7.05. The molecule has 0 unspecified atom stereocenters. The van der Waals surface area contributed by atoms with Crippen molar-refractivity contribution in [3.63, 3.8) is 0 Å². The van der Waals surface area contributed by atoms with Gasteiger partial charge in [-0.1, -0.05) is 54.6 Å². The lowest BCUT2D eigenvalue weighted by atomic mass is 10.0. The molecule has 0 heterocycles. The molecule has 28 heavy (non-hydrogen) atoms. The van der Waals surface area contributed by atoms with Gasteiger partial charge in [-0.25, -0.2) is 4.79 Å². The van der Waals surface area contributed by atoms with Crippen LogP contribution in [0.5, 0.6) is 11.5 Å². The molecule has 0 spiro atoms. The Bertz CT molecular complexity index is 898. The topological polar surface area (TPSA) is 55.8 Å². The van der Waals surface area contributed by atoms with Gasteiger partial charge in [-0.3, -0.25) is 0 Å². The molecule has 0 aliphatic carbocycles. The first-order chi connectivity index (χ1) is 13.4. The van der Waals surface area contributed by atoms with Crippen molar-refractivity contribution in [2.75, 3.05) is 6.61 Å². The summed E-state index contributed by atoms with van der Waals surface area (Å²) in [5, 5.41) is 9.11. The van der Waals surface area contributed by atoms with E-state index in [0.29, 0.717) is 12.4 Å². The monoisotopic (exact) mass is 376 g/mol. The molecule has 0 saturated heterocycles. The Labute approximate surface area is 165 Å². The summed E-state index contributed by atoms with van der Waals surface area (Å²) in [7, 11) is 0. The highest BCUT2D eigenvalue weighted by Gasteiger charge is 2.29. The zero-order valence-corrected chi connectivity index (χ0v) is 16.1. The maximum absolute atomic E-state index is 11.1. The van der Waals surface area contributed by atoms with Crippen LogP contribution in [-0.2, 0) is 11.2 Å². The second-order valence-electron chi connectivity index (χ2n) is 7.05. The van der Waals surface area contributed by atoms with Crippen LogP contribution in [0.3, 0.4) is 0 Å². The molecule has 144 valence electrons. The van der Waals surface area contributed by atoms with Crippen molar-refractivity contribution in [2.24, 2.45) is 0 Å². The first-order valence-electron chi connectivity index (χ1n) is 9.24. The Hall–Kier alpha value is -3.27. The van der Waals surface area contributed by atoms with E-state index in [1.807, 2.05) is 18.2 Å². The minimum absolute atomic E-state index is 0.497. The minimum atomic E-state index is -1.27. The van der Waals surface area contributed by atoms with Crippen LogP contribution >= 0.6 is 0 Å². The lowest BCUT2D eigenvalue weighted by molar-refractivity contribution is -0.152. The van der Waals surface area contributed by atoms with Crippen LogP contribution in [0, 0.1) is 0 Å². The number of carbonyl (C=O) groups is 1. The third-order valence-corrected chi connectivity index (χ3v) is 4.43. The minimum Gasteiger partial charge on any atom is -0.493 e. The predicted molar refractivity (Wildman–Crippen MR) is 110 cm³/mol. The second kappa shape index (κ2) is 8.61. The van der Waals surface area contributed by atoms with E-state index in [9.17, 15) is 4.79 Å². The summed E-state index contributed by atoms with van der Waals surface area (Å²) in [6.45, 7) is 3.59. The van der Waals surface area contributed by atoms with Crippen LogP contribution in [0.25, 0.3) is 11.1 Å². The number of hydrogen-bond acceptors (Lipinski definition) is 3. The Morgan fingerprint density at radius 2 is 1.39 bits per heavy atom. The van der Waals surface area contributed by atoms with Crippen molar-refractivity contribution < 1.29 is 19.4 Å². The van der Waals surface area contributed by atoms with Gasteiger partial charge in [0.15, 0.2) is 5.60 Å². The van der Waals surface area contributed by atoms with Crippen LogP contribution in [0.2, 0.25) is 0 Å². The van der Waals surface area contributed by atoms with Crippen molar-refractivity contribution in [2.45, 2.75) is 25.9 Å². The highest BCUT2D eigenvalue weighted by atomic mass is 16.5. The summed E-state index contributed by atoms with van der Waals surface area (Å²) in [4.78, 5) is 11.1. The molecule has 4 heteroatoms. The number of carboxylic acid groups (broad SMARTS) is 1. The molecule has 0 atom stereocenters. The molecule has 0 aromatic heterocycles. The molecule has 0 saturated carbocycles. The van der Waals surface area contributed by atoms with Crippen LogP contribution in [-0.4, -0.2) is 23.3 Å². The van der Waals surface area contributed by atoms with Crippen molar-refractivity contribution in [3.05, 3.63) is 84.4 Å². The maximum Gasteiger partial charge on any atom is 0.347 e. The van der Waals surface area contributed by atoms with Crippen molar-refractivity contribution in [3.8, 4) is 22.6 Å². The standard InChI is InChI=1S/C24H24O4/c1-24(2,23(25)26)28-22-14-12-21(13-15-22)27-17-16-18-8-10-20(11-9-18)19-6-4-3-5-7-19/h3-15H,16-17H2,1-2H3,(H,25,26). The lowest BCUT2D eigenvalue weighted by Crippen LogP contribution is -2.37. The molecular formula is C24H24O4. The summed E-state index contributed by atoms with van der Waals surface area (Å²) in [6.07, 6.45) is 0.805. The largest absolute Gasteiger partial charge is 0.493 e. The molecule has 0 aliphatic heterocycles. The third kappa shape index (κ3) is 5.13. The molecule has 3 rings (SSSR count). The molecular weight excluding hydrogens is 352 g/mol. The fourth-order valence-corrected chi connectivity index (χ4v) is 2.72. The molecule has 0 amide bonds. The smallest absolute Gasteiger partial charge is 0.347 e. The summed E-state index contributed by atoms with van der Waals surface area (Å²) >= 11 is 0. The number of ether oxygens (including phenoxy) is 2. The van der Waals surface area contributed by atoms with Gasteiger partial charge in [-0.05, 0) is 54.8 Å². The molecule has 0 fully saturated rings. The molecule has 1 N–H and O–H groups in total. The van der Waals surface area contributed by atoms with E-state index < -0.39 is 11.6 Å². The lowest BCUT2D eigenvalue weighted by Gasteiger charge is -2.21. The SMILES string of the molecule is CC(C)(Oc1ccc(OCCc2ccc(-c3ccccc3)cc2)cc1)C(=O)O. The number of hydrogen-bond donors (Lipinski definition) is 1. The van der Waals surface area contributed by atoms with E-state index in [1.54, 1.807) is 24.3 Å². The Morgan fingerprint density at radius 3 is 2.00 bits per heavy atom. The van der Waals surface area contributed by atoms with Crippen LogP contribution in [0.1, 0.15) is 19.4 Å². The molecule has 0 radical (unpaired) electrons. The number of benzene rings is 3. The third-order valence-electron chi connectivity index (χ3n) is 4.43. The van der Waals surface area contributed by atoms with Gasteiger partial charge in [0.2, 0.25) is 0 Å². The summed E-state index contributed by atoms with van der Waals surface area (Å²) < 4.78 is 11.3. The molecule has 0 bridgehead atoms. The normalized spacial score (nSPS) is 11.1. The molecule has 3 aromatic rings. The summed E-state index contributed by atoms with van der Waals surface area (Å²) in [5.41, 5.74) is 2.35. The van der Waals surface area contributed by atoms with E-state index >= 15 is 0 Å².